The number of hydrogen-bond acceptors (Lipinski definition) is 10. The van der Waals surface area contributed by atoms with E-state index in [1.165, 1.54) is 0 Å². The molecule has 0 aromatic carbocycles. The van der Waals surface area contributed by atoms with Gasteiger partial charge in [0.1, 0.15) is 29.5 Å². The van der Waals surface area contributed by atoms with Gasteiger partial charge >= 0.3 is 51.4 Å². The van der Waals surface area contributed by atoms with E-state index in [9.17, 15) is 24.3 Å². The Morgan fingerprint density at radius 1 is 0.812 bits per heavy atom. The van der Waals surface area contributed by atoms with Gasteiger partial charge in [0.05, 0.1) is 18.1 Å². The van der Waals surface area contributed by atoms with Gasteiger partial charge in [-0.1, -0.05) is 67.7 Å². The number of carbonyl (C=O) groups is 4. The van der Waals surface area contributed by atoms with Gasteiger partial charge in [-0.3, -0.25) is 24.5 Å². The van der Waals surface area contributed by atoms with Crippen molar-refractivity contribution < 1.29 is 87.3 Å². The number of Topliss-reactive ketones (excluding diaryl/α,β-unsaturated/α-hetero) is 1. The van der Waals surface area contributed by atoms with Crippen molar-refractivity contribution in [1.29, 1.82) is 0 Å². The number of likely N-dealkylation sites (N-methyl/N-ethyl adjacent to an activating group) is 6. The largest absolute Gasteiger partial charge is 1.00 e. The van der Waals surface area contributed by atoms with Crippen LogP contribution in [0, 0.1) is 17.8 Å². The van der Waals surface area contributed by atoms with Gasteiger partial charge in [-0.05, 0) is 31.2 Å². The fraction of sp³-hybridized carbons (Fsp3) is 0.647. The van der Waals surface area contributed by atoms with Crippen LogP contribution in [0.15, 0.2) is 48.2 Å². The van der Waals surface area contributed by atoms with E-state index >= 15 is 0 Å². The number of aliphatic hydroxyl groups excluding tert-OH is 1. The van der Waals surface area contributed by atoms with Crippen LogP contribution in [0.25, 0.3) is 0 Å². The summed E-state index contributed by atoms with van der Waals surface area (Å²) < 4.78 is 5.61. The fourth-order valence-corrected chi connectivity index (χ4v) is 6.21. The number of rotatable bonds is 11. The van der Waals surface area contributed by atoms with E-state index in [1.54, 1.807) is 69.1 Å². The number of carbonyl (C=O) groups excluding carboxylic acids is 4. The summed E-state index contributed by atoms with van der Waals surface area (Å²) in [6.45, 7) is 19.7. The summed E-state index contributed by atoms with van der Waals surface area (Å²) in [6, 6.07) is -0.509. The average molecular weight is 708 g/mol. The maximum Gasteiger partial charge on any atom is 1.00 e. The Balaban J connectivity index is -0.000000299. The molecule has 5 N–H and O–H groups in total. The molecule has 1 fully saturated rings. The smallest absolute Gasteiger partial charge is 0.870 e. The maximum atomic E-state index is 12.3. The molecule has 0 spiro atoms. The van der Waals surface area contributed by atoms with E-state index in [2.05, 4.69) is 43.0 Å². The number of ketones is 1. The standard InChI is InChI=1S/2C12H20N2O2.C9H16N2O2.CH4.K.H2O.H2/c1-6-7-16-11-9(13-4)12(15)14(5)10(11)8(2)3;1-6-7-12(13-4)10(15)9(8(2)3)14(5)11(12)16;1-5(2)7-8(12)6(10-3)9(13)11(7)4;;;;/h6,8,10,13H,1,7H2,2-5H3;6,8-9,13H,1,7H2,2-5H3;5,7,10,12H,1-4H3;1H4;;1H2;1H/q;;;;+1;;/p-1/t10-;9-,12+;7-;;;;/m111..../s1/i;;;;;;1+1. The second kappa shape index (κ2) is 21.8. The molecule has 1 saturated heterocycles. The van der Waals surface area contributed by atoms with Gasteiger partial charge < -0.3 is 40.7 Å². The van der Waals surface area contributed by atoms with Crippen molar-refractivity contribution in [3.05, 3.63) is 48.2 Å². The third kappa shape index (κ3) is 10.2. The summed E-state index contributed by atoms with van der Waals surface area (Å²) in [5.41, 5.74) is -0.213. The molecule has 0 saturated carbocycles. The summed E-state index contributed by atoms with van der Waals surface area (Å²) in [4.78, 5) is 52.8. The summed E-state index contributed by atoms with van der Waals surface area (Å²) >= 11 is 0. The fourth-order valence-electron chi connectivity index (χ4n) is 6.21. The van der Waals surface area contributed by atoms with Gasteiger partial charge in [-0.25, -0.2) is 0 Å². The zero-order valence-corrected chi connectivity index (χ0v) is 33.8. The van der Waals surface area contributed by atoms with Crippen LogP contribution in [0.4, 0.5) is 0 Å². The minimum atomic E-state index is -1.09. The first-order valence-corrected chi connectivity index (χ1v) is 15.4. The molecule has 0 radical (unpaired) electrons. The number of nitrogens with one attached hydrogen (secondary N) is 3. The number of ether oxygens (including phenoxy) is 1. The summed E-state index contributed by atoms with van der Waals surface area (Å²) in [5.74, 6) is 1.20. The molecule has 3 aliphatic rings. The number of nitrogens with zero attached hydrogens (tertiary/aromatic N) is 3. The SMILES string of the molecule is C.C=CCOC1=C(NC)C(=O)N(C)[C@@H]1C(C)C.C=CC[C@]1(NC)C(=O)[C@@H](C(C)C)N(C)C1=O.CNC1=C(O)[C@@H](C(C)C)N(C)C1=O.[2HH].[K+].[OH-]. The summed E-state index contributed by atoms with van der Waals surface area (Å²) in [7, 11) is 10.2. The van der Waals surface area contributed by atoms with Gasteiger partial charge in [0, 0.05) is 36.7 Å². The zero-order chi connectivity index (χ0) is 35.0. The molecule has 272 valence electrons. The number of aliphatic hydroxyl groups is 1. The Labute approximate surface area is 332 Å². The molecule has 3 rings (SSSR count). The predicted molar refractivity (Wildman–Crippen MR) is 188 cm³/mol. The van der Waals surface area contributed by atoms with Gasteiger partial charge in [-0.15, -0.1) is 6.58 Å². The molecule has 3 heterocycles. The monoisotopic (exact) mass is 707 g/mol. The molecule has 3 amide bonds. The Morgan fingerprint density at radius 2 is 1.25 bits per heavy atom. The van der Waals surface area contributed by atoms with Crippen molar-refractivity contribution in [2.45, 2.75) is 79.1 Å². The van der Waals surface area contributed by atoms with E-state index in [0.717, 1.165) is 5.76 Å². The number of hydrogen-bond donors (Lipinski definition) is 4. The van der Waals surface area contributed by atoms with Crippen LogP contribution in [0.3, 0.4) is 0 Å². The normalized spacial score (nSPS) is 23.3. The molecular weight excluding hydrogens is 644 g/mol. The molecule has 0 aromatic rings. The third-order valence-electron chi connectivity index (χ3n) is 8.37. The summed E-state index contributed by atoms with van der Waals surface area (Å²) in [6.07, 6.45) is 3.64. The molecule has 0 aromatic heterocycles. The molecular formula is C34H63KN6O7. The van der Waals surface area contributed by atoms with E-state index in [4.69, 9.17) is 4.74 Å². The van der Waals surface area contributed by atoms with E-state index in [-0.39, 0.29) is 125 Å². The van der Waals surface area contributed by atoms with Gasteiger partial charge in [0.15, 0.2) is 11.3 Å². The van der Waals surface area contributed by atoms with Crippen molar-refractivity contribution in [2.75, 3.05) is 48.9 Å². The van der Waals surface area contributed by atoms with Crippen LogP contribution < -0.4 is 67.3 Å². The Morgan fingerprint density at radius 3 is 1.56 bits per heavy atom. The molecule has 0 bridgehead atoms. The topological polar surface area (TPSA) is 174 Å². The van der Waals surface area contributed by atoms with Gasteiger partial charge in [-0.2, -0.15) is 0 Å². The number of likely N-dealkylation sites (tertiary alicyclic amines) is 1. The minimum absolute atomic E-state index is 0. The van der Waals surface area contributed by atoms with Gasteiger partial charge in [0.2, 0.25) is 0 Å². The van der Waals surface area contributed by atoms with Crippen LogP contribution in [0.2, 0.25) is 0 Å². The van der Waals surface area contributed by atoms with E-state index in [0.29, 0.717) is 30.3 Å². The average Bonchev–Trinajstić information content (AvgIpc) is 3.43. The zero-order valence-electron chi connectivity index (χ0n) is 30.7. The molecule has 0 aliphatic carbocycles. The van der Waals surface area contributed by atoms with Crippen LogP contribution in [0.5, 0.6) is 0 Å². The second-order valence-corrected chi connectivity index (χ2v) is 12.4. The van der Waals surface area contributed by atoms with Gasteiger partial charge in [0.25, 0.3) is 17.7 Å². The van der Waals surface area contributed by atoms with Crippen molar-refractivity contribution in [3.63, 3.8) is 0 Å². The molecule has 13 nitrogen and oxygen atoms in total. The van der Waals surface area contributed by atoms with E-state index < -0.39 is 5.54 Å². The van der Waals surface area contributed by atoms with Crippen LogP contribution >= 0.6 is 0 Å². The minimum Gasteiger partial charge on any atom is -0.870 e. The molecule has 48 heavy (non-hydrogen) atoms. The first-order valence-electron chi connectivity index (χ1n) is 15.4. The van der Waals surface area contributed by atoms with Crippen LogP contribution in [0.1, 0.15) is 56.8 Å². The van der Waals surface area contributed by atoms with Crippen molar-refractivity contribution in [3.8, 4) is 0 Å². The Bertz CT molecular complexity index is 1210. The third-order valence-corrected chi connectivity index (χ3v) is 8.37. The number of amides is 3. The second-order valence-electron chi connectivity index (χ2n) is 12.4. The Hall–Kier alpha value is -2.20. The first-order chi connectivity index (χ1) is 21.0. The van der Waals surface area contributed by atoms with Crippen molar-refractivity contribution in [2.24, 2.45) is 17.8 Å². The molecule has 4 atom stereocenters. The van der Waals surface area contributed by atoms with Crippen molar-refractivity contribution >= 4 is 23.5 Å². The molecule has 3 aliphatic heterocycles. The first kappa shape index (κ1) is 50.2. The van der Waals surface area contributed by atoms with E-state index in [1.807, 2.05) is 27.7 Å². The van der Waals surface area contributed by atoms with Crippen LogP contribution in [-0.2, 0) is 23.9 Å². The van der Waals surface area contributed by atoms with Crippen molar-refractivity contribution in [1.82, 2.24) is 30.7 Å². The Kier molecular flexibility index (Phi) is 22.8. The molecule has 0 unspecified atom stereocenters. The quantitative estimate of drug-likeness (QED) is 0.129. The predicted octanol–water partition coefficient (Wildman–Crippen LogP) is -0.116. The molecule has 14 heteroatoms. The summed E-state index contributed by atoms with van der Waals surface area (Å²) in [5, 5.41) is 18.2. The van der Waals surface area contributed by atoms with Crippen LogP contribution in [-0.4, -0.2) is 121 Å². The maximum absolute atomic E-state index is 12.3.